The molecule has 1 amide bonds. The van der Waals surface area contributed by atoms with Crippen LogP contribution in [0.25, 0.3) is 0 Å². The number of ether oxygens (including phenoxy) is 3. The van der Waals surface area contributed by atoms with Crippen LogP contribution in [0.5, 0.6) is 17.2 Å². The third-order valence-electron chi connectivity index (χ3n) is 3.21. The van der Waals surface area contributed by atoms with E-state index in [-0.39, 0.29) is 12.7 Å². The Morgan fingerprint density at radius 3 is 2.83 bits per heavy atom. The standard InChI is InChI=1S/C17H16N2O4/c1-12(23-14-5-3-2-4-6-14)17(20)19-18-10-13-7-8-15-16(9-13)22-11-21-15/h2-10,12H,11H2,1H3,(H,19,20)/b18-10+. The first-order valence-corrected chi connectivity index (χ1v) is 7.16. The van der Waals surface area contributed by atoms with Gasteiger partial charge in [0.15, 0.2) is 17.6 Å². The Morgan fingerprint density at radius 1 is 1.22 bits per heavy atom. The SMILES string of the molecule is CC(Oc1ccccc1)C(=O)N/N=C/c1ccc2c(c1)OCO2. The number of nitrogens with one attached hydrogen (secondary N) is 1. The first kappa shape index (κ1) is 14.9. The number of hydrazone groups is 1. The molecule has 0 fully saturated rings. The number of amides is 1. The molecule has 6 heteroatoms. The largest absolute Gasteiger partial charge is 0.481 e. The summed E-state index contributed by atoms with van der Waals surface area (Å²) in [6, 6.07) is 14.6. The van der Waals surface area contributed by atoms with E-state index in [4.69, 9.17) is 14.2 Å². The van der Waals surface area contributed by atoms with Crippen molar-refractivity contribution >= 4 is 12.1 Å². The number of hydrogen-bond donors (Lipinski definition) is 1. The summed E-state index contributed by atoms with van der Waals surface area (Å²) in [6.45, 7) is 1.89. The Hall–Kier alpha value is -3.02. The molecule has 0 saturated heterocycles. The van der Waals surface area contributed by atoms with Gasteiger partial charge in [0.05, 0.1) is 6.21 Å². The Labute approximate surface area is 133 Å². The Balaban J connectivity index is 1.54. The monoisotopic (exact) mass is 312 g/mol. The van der Waals surface area contributed by atoms with Gasteiger partial charge in [-0.25, -0.2) is 5.43 Å². The van der Waals surface area contributed by atoms with Gasteiger partial charge in [-0.15, -0.1) is 0 Å². The lowest BCUT2D eigenvalue weighted by molar-refractivity contribution is -0.127. The van der Waals surface area contributed by atoms with Gasteiger partial charge in [-0.2, -0.15) is 5.10 Å². The molecular weight excluding hydrogens is 296 g/mol. The van der Waals surface area contributed by atoms with Crippen LogP contribution in [0.4, 0.5) is 0 Å². The number of nitrogens with zero attached hydrogens (tertiary/aromatic N) is 1. The average molecular weight is 312 g/mol. The molecule has 1 unspecified atom stereocenters. The minimum absolute atomic E-state index is 0.223. The summed E-state index contributed by atoms with van der Waals surface area (Å²) in [5, 5.41) is 3.93. The summed E-state index contributed by atoms with van der Waals surface area (Å²) in [5.74, 6) is 1.68. The Bertz CT molecular complexity index is 716. The van der Waals surface area contributed by atoms with Crippen molar-refractivity contribution in [2.75, 3.05) is 6.79 Å². The van der Waals surface area contributed by atoms with Gasteiger partial charge in [0, 0.05) is 0 Å². The van der Waals surface area contributed by atoms with E-state index >= 15 is 0 Å². The molecule has 6 nitrogen and oxygen atoms in total. The molecule has 1 atom stereocenters. The minimum Gasteiger partial charge on any atom is -0.481 e. The fraction of sp³-hybridized carbons (Fsp3) is 0.176. The number of hydrogen-bond acceptors (Lipinski definition) is 5. The van der Waals surface area contributed by atoms with E-state index in [0.717, 1.165) is 5.56 Å². The fourth-order valence-electron chi connectivity index (χ4n) is 2.01. The topological polar surface area (TPSA) is 69.2 Å². The first-order chi connectivity index (χ1) is 11.2. The van der Waals surface area contributed by atoms with Crippen molar-refractivity contribution in [1.29, 1.82) is 0 Å². The molecule has 2 aromatic rings. The molecule has 1 aliphatic heterocycles. The van der Waals surface area contributed by atoms with Crippen LogP contribution < -0.4 is 19.6 Å². The lowest BCUT2D eigenvalue weighted by atomic mass is 10.2. The summed E-state index contributed by atoms with van der Waals surface area (Å²) in [5.41, 5.74) is 3.25. The lowest BCUT2D eigenvalue weighted by Gasteiger charge is -2.12. The van der Waals surface area contributed by atoms with Gasteiger partial charge in [-0.1, -0.05) is 18.2 Å². The van der Waals surface area contributed by atoms with Gasteiger partial charge in [0.2, 0.25) is 6.79 Å². The number of para-hydroxylation sites is 1. The highest BCUT2D eigenvalue weighted by molar-refractivity contribution is 5.85. The van der Waals surface area contributed by atoms with Crippen LogP contribution in [0.3, 0.4) is 0 Å². The number of fused-ring (bicyclic) bond motifs is 1. The van der Waals surface area contributed by atoms with Gasteiger partial charge < -0.3 is 14.2 Å². The third-order valence-corrected chi connectivity index (χ3v) is 3.21. The molecule has 1 N–H and O–H groups in total. The predicted octanol–water partition coefficient (Wildman–Crippen LogP) is 2.33. The van der Waals surface area contributed by atoms with Crippen molar-refractivity contribution < 1.29 is 19.0 Å². The summed E-state index contributed by atoms with van der Waals surface area (Å²) >= 11 is 0. The van der Waals surface area contributed by atoms with Gasteiger partial charge >= 0.3 is 0 Å². The molecule has 0 saturated carbocycles. The molecule has 0 bridgehead atoms. The van der Waals surface area contributed by atoms with Crippen LogP contribution in [-0.2, 0) is 4.79 Å². The van der Waals surface area contributed by atoms with Crippen LogP contribution in [-0.4, -0.2) is 25.0 Å². The van der Waals surface area contributed by atoms with Crippen LogP contribution in [0.15, 0.2) is 53.6 Å². The predicted molar refractivity (Wildman–Crippen MR) is 84.8 cm³/mol. The normalized spacial score (nSPS) is 13.8. The van der Waals surface area contributed by atoms with Crippen molar-refractivity contribution in [2.24, 2.45) is 5.10 Å². The highest BCUT2D eigenvalue weighted by Crippen LogP contribution is 2.31. The zero-order valence-electron chi connectivity index (χ0n) is 12.6. The molecule has 1 heterocycles. The molecule has 0 aromatic heterocycles. The molecule has 1 aliphatic rings. The van der Waals surface area contributed by atoms with Gasteiger partial charge in [-0.3, -0.25) is 4.79 Å². The maximum Gasteiger partial charge on any atom is 0.280 e. The van der Waals surface area contributed by atoms with E-state index in [1.54, 1.807) is 31.2 Å². The Morgan fingerprint density at radius 2 is 2.00 bits per heavy atom. The second kappa shape index (κ2) is 6.83. The quantitative estimate of drug-likeness (QED) is 0.679. The number of benzene rings is 2. The van der Waals surface area contributed by atoms with Crippen molar-refractivity contribution in [2.45, 2.75) is 13.0 Å². The lowest BCUT2D eigenvalue weighted by Crippen LogP contribution is -2.33. The smallest absolute Gasteiger partial charge is 0.280 e. The highest BCUT2D eigenvalue weighted by atomic mass is 16.7. The summed E-state index contributed by atoms with van der Waals surface area (Å²) in [7, 11) is 0. The molecule has 2 aromatic carbocycles. The minimum atomic E-state index is -0.647. The van der Waals surface area contributed by atoms with Gasteiger partial charge in [-0.05, 0) is 42.8 Å². The van der Waals surface area contributed by atoms with Crippen molar-refractivity contribution in [1.82, 2.24) is 5.43 Å². The van der Waals surface area contributed by atoms with Crippen LogP contribution >= 0.6 is 0 Å². The van der Waals surface area contributed by atoms with Crippen LogP contribution in [0, 0.1) is 0 Å². The maximum absolute atomic E-state index is 11.9. The first-order valence-electron chi connectivity index (χ1n) is 7.16. The van der Waals surface area contributed by atoms with Gasteiger partial charge in [0.1, 0.15) is 5.75 Å². The summed E-state index contributed by atoms with van der Waals surface area (Å²) in [4.78, 5) is 11.9. The van der Waals surface area contributed by atoms with Crippen molar-refractivity contribution in [3.8, 4) is 17.2 Å². The third kappa shape index (κ3) is 3.79. The zero-order valence-corrected chi connectivity index (χ0v) is 12.6. The van der Waals surface area contributed by atoms with E-state index in [2.05, 4.69) is 10.5 Å². The molecule has 23 heavy (non-hydrogen) atoms. The second-order valence-corrected chi connectivity index (χ2v) is 4.92. The molecule has 0 aliphatic carbocycles. The number of carbonyl (C=O) groups is 1. The maximum atomic E-state index is 11.9. The molecule has 0 radical (unpaired) electrons. The molecular formula is C17H16N2O4. The highest BCUT2D eigenvalue weighted by Gasteiger charge is 2.14. The second-order valence-electron chi connectivity index (χ2n) is 4.92. The van der Waals surface area contributed by atoms with Gasteiger partial charge in [0.25, 0.3) is 5.91 Å². The van der Waals surface area contributed by atoms with Crippen LogP contribution in [0.2, 0.25) is 0 Å². The summed E-state index contributed by atoms with van der Waals surface area (Å²) in [6.07, 6.45) is 0.890. The average Bonchev–Trinajstić information content (AvgIpc) is 3.03. The zero-order chi connectivity index (χ0) is 16.1. The summed E-state index contributed by atoms with van der Waals surface area (Å²) < 4.78 is 16.0. The molecule has 3 rings (SSSR count). The molecule has 0 spiro atoms. The van der Waals surface area contributed by atoms with Crippen molar-refractivity contribution in [3.63, 3.8) is 0 Å². The van der Waals surface area contributed by atoms with E-state index < -0.39 is 6.10 Å². The number of rotatable bonds is 5. The van der Waals surface area contributed by atoms with E-state index in [9.17, 15) is 4.79 Å². The van der Waals surface area contributed by atoms with Crippen LogP contribution in [0.1, 0.15) is 12.5 Å². The fourth-order valence-corrected chi connectivity index (χ4v) is 2.01. The van der Waals surface area contributed by atoms with E-state index in [1.807, 2.05) is 24.3 Å². The van der Waals surface area contributed by atoms with Crippen molar-refractivity contribution in [3.05, 3.63) is 54.1 Å². The van der Waals surface area contributed by atoms with E-state index in [0.29, 0.717) is 17.2 Å². The van der Waals surface area contributed by atoms with E-state index in [1.165, 1.54) is 6.21 Å². The number of carbonyl (C=O) groups excluding carboxylic acids is 1. The molecule has 118 valence electrons. The Kier molecular flexibility index (Phi) is 4.42.